The van der Waals surface area contributed by atoms with Gasteiger partial charge in [-0.1, -0.05) is 36.8 Å². The molecular formula is C19H28N2O. The molecule has 3 rings (SSSR count). The number of carbonyl (C=O) groups is 1. The minimum absolute atomic E-state index is 0.278. The number of ketones is 1. The van der Waals surface area contributed by atoms with Crippen LogP contribution in [-0.2, 0) is 0 Å². The molecule has 3 heteroatoms. The van der Waals surface area contributed by atoms with Crippen molar-refractivity contribution in [3.05, 3.63) is 35.9 Å². The van der Waals surface area contributed by atoms with E-state index in [4.69, 9.17) is 0 Å². The Labute approximate surface area is 134 Å². The van der Waals surface area contributed by atoms with Crippen molar-refractivity contribution in [1.29, 1.82) is 0 Å². The van der Waals surface area contributed by atoms with Crippen molar-refractivity contribution < 1.29 is 4.79 Å². The molecule has 2 saturated heterocycles. The van der Waals surface area contributed by atoms with E-state index in [0.29, 0.717) is 6.42 Å². The topological polar surface area (TPSA) is 23.6 Å². The number of piperidine rings is 2. The third kappa shape index (κ3) is 4.17. The molecule has 0 aliphatic carbocycles. The Bertz CT molecular complexity index is 468. The van der Waals surface area contributed by atoms with Crippen LogP contribution in [0, 0.1) is 0 Å². The van der Waals surface area contributed by atoms with Gasteiger partial charge < -0.3 is 4.90 Å². The van der Waals surface area contributed by atoms with Crippen molar-refractivity contribution in [2.24, 2.45) is 0 Å². The highest BCUT2D eigenvalue weighted by Crippen LogP contribution is 2.20. The van der Waals surface area contributed by atoms with E-state index < -0.39 is 0 Å². The minimum Gasteiger partial charge on any atom is -0.301 e. The number of carbonyl (C=O) groups excluding carboxylic acids is 1. The van der Waals surface area contributed by atoms with Gasteiger partial charge in [0.1, 0.15) is 0 Å². The molecule has 0 radical (unpaired) electrons. The highest BCUT2D eigenvalue weighted by molar-refractivity contribution is 5.96. The summed E-state index contributed by atoms with van der Waals surface area (Å²) in [5.74, 6) is 0.278. The number of benzene rings is 1. The number of Topliss-reactive ketones (excluding diaryl/α,β-unsaturated/α-hetero) is 1. The van der Waals surface area contributed by atoms with Gasteiger partial charge in [-0.2, -0.15) is 0 Å². The molecule has 1 aromatic rings. The van der Waals surface area contributed by atoms with Crippen molar-refractivity contribution in [3.8, 4) is 0 Å². The van der Waals surface area contributed by atoms with Crippen LogP contribution in [0.4, 0.5) is 0 Å². The second-order valence-electron chi connectivity index (χ2n) is 6.73. The summed E-state index contributed by atoms with van der Waals surface area (Å²) < 4.78 is 0. The van der Waals surface area contributed by atoms with Gasteiger partial charge in [0, 0.05) is 31.1 Å². The Morgan fingerprint density at radius 3 is 2.55 bits per heavy atom. The average molecular weight is 300 g/mol. The summed E-state index contributed by atoms with van der Waals surface area (Å²) in [6, 6.07) is 10.4. The van der Waals surface area contributed by atoms with Gasteiger partial charge in [-0.25, -0.2) is 0 Å². The smallest absolute Gasteiger partial charge is 0.164 e. The Kier molecular flexibility index (Phi) is 5.63. The van der Waals surface area contributed by atoms with Crippen LogP contribution < -0.4 is 0 Å². The number of nitrogens with zero attached hydrogens (tertiary/aromatic N) is 2. The zero-order valence-corrected chi connectivity index (χ0v) is 13.5. The monoisotopic (exact) mass is 300 g/mol. The maximum absolute atomic E-state index is 12.2. The molecule has 3 nitrogen and oxygen atoms in total. The molecule has 0 N–H and O–H groups in total. The second kappa shape index (κ2) is 7.89. The first kappa shape index (κ1) is 15.7. The molecule has 1 atom stereocenters. The average Bonchev–Trinajstić information content (AvgIpc) is 2.61. The lowest BCUT2D eigenvalue weighted by Gasteiger charge is -2.41. The van der Waals surface area contributed by atoms with E-state index in [9.17, 15) is 4.79 Å². The summed E-state index contributed by atoms with van der Waals surface area (Å²) in [4.78, 5) is 17.4. The summed E-state index contributed by atoms with van der Waals surface area (Å²) >= 11 is 0. The normalized spacial score (nSPS) is 24.3. The molecule has 0 unspecified atom stereocenters. The van der Waals surface area contributed by atoms with E-state index >= 15 is 0 Å². The van der Waals surface area contributed by atoms with Crippen molar-refractivity contribution >= 4 is 5.78 Å². The van der Waals surface area contributed by atoms with Crippen LogP contribution in [0.5, 0.6) is 0 Å². The second-order valence-corrected chi connectivity index (χ2v) is 6.73. The largest absolute Gasteiger partial charge is 0.301 e. The van der Waals surface area contributed by atoms with Crippen LogP contribution in [-0.4, -0.2) is 54.3 Å². The highest BCUT2D eigenvalue weighted by Gasteiger charge is 2.26. The van der Waals surface area contributed by atoms with Gasteiger partial charge in [-0.3, -0.25) is 9.69 Å². The van der Waals surface area contributed by atoms with Crippen molar-refractivity contribution in [2.45, 2.75) is 44.6 Å². The SMILES string of the molecule is O=C(CCN1CCC[C@H](N2CCCCC2)C1)c1ccccc1. The summed E-state index contributed by atoms with van der Waals surface area (Å²) in [5.41, 5.74) is 0.854. The standard InChI is InChI=1S/C19H28N2O/c22-19(17-8-3-1-4-9-17)11-15-20-12-7-10-18(16-20)21-13-5-2-6-14-21/h1,3-4,8-9,18H,2,5-7,10-16H2/t18-/m0/s1. The Balaban J connectivity index is 1.47. The fourth-order valence-corrected chi connectivity index (χ4v) is 3.84. The molecule has 1 aromatic carbocycles. The minimum atomic E-state index is 0.278. The fraction of sp³-hybridized carbons (Fsp3) is 0.632. The Morgan fingerprint density at radius 2 is 1.77 bits per heavy atom. The van der Waals surface area contributed by atoms with Gasteiger partial charge in [-0.15, -0.1) is 0 Å². The van der Waals surface area contributed by atoms with Gasteiger partial charge in [0.25, 0.3) is 0 Å². The molecule has 2 aliphatic rings. The predicted molar refractivity (Wildman–Crippen MR) is 90.3 cm³/mol. The van der Waals surface area contributed by atoms with E-state index in [2.05, 4.69) is 9.80 Å². The van der Waals surface area contributed by atoms with E-state index in [0.717, 1.165) is 31.2 Å². The Hall–Kier alpha value is -1.19. The molecule has 22 heavy (non-hydrogen) atoms. The lowest BCUT2D eigenvalue weighted by molar-refractivity contribution is 0.0772. The maximum atomic E-state index is 12.2. The molecule has 2 heterocycles. The summed E-state index contributed by atoms with van der Waals surface area (Å²) in [7, 11) is 0. The fourth-order valence-electron chi connectivity index (χ4n) is 3.84. The van der Waals surface area contributed by atoms with E-state index in [1.807, 2.05) is 30.3 Å². The van der Waals surface area contributed by atoms with E-state index in [1.54, 1.807) is 0 Å². The van der Waals surface area contributed by atoms with Gasteiger partial charge in [0.2, 0.25) is 0 Å². The zero-order valence-electron chi connectivity index (χ0n) is 13.5. The van der Waals surface area contributed by atoms with Crippen molar-refractivity contribution in [3.63, 3.8) is 0 Å². The molecule has 0 saturated carbocycles. The van der Waals surface area contributed by atoms with Gasteiger partial charge in [0.15, 0.2) is 5.78 Å². The summed E-state index contributed by atoms with van der Waals surface area (Å²) in [5, 5.41) is 0. The molecule has 120 valence electrons. The molecule has 0 spiro atoms. The number of likely N-dealkylation sites (tertiary alicyclic amines) is 2. The lowest BCUT2D eigenvalue weighted by Crippen LogP contribution is -2.49. The maximum Gasteiger partial charge on any atom is 0.164 e. The van der Waals surface area contributed by atoms with E-state index in [-0.39, 0.29) is 5.78 Å². The van der Waals surface area contributed by atoms with Gasteiger partial charge >= 0.3 is 0 Å². The first-order valence-electron chi connectivity index (χ1n) is 8.87. The summed E-state index contributed by atoms with van der Waals surface area (Å²) in [6.07, 6.45) is 7.39. The van der Waals surface area contributed by atoms with Crippen molar-refractivity contribution in [1.82, 2.24) is 9.80 Å². The van der Waals surface area contributed by atoms with Gasteiger partial charge in [-0.05, 0) is 45.3 Å². The predicted octanol–water partition coefficient (Wildman–Crippen LogP) is 3.21. The summed E-state index contributed by atoms with van der Waals surface area (Å²) in [6.45, 7) is 5.79. The first-order chi connectivity index (χ1) is 10.8. The van der Waals surface area contributed by atoms with E-state index in [1.165, 1.54) is 45.2 Å². The molecule has 2 aliphatic heterocycles. The molecule has 0 aromatic heterocycles. The zero-order chi connectivity index (χ0) is 15.2. The number of hydrogen-bond acceptors (Lipinski definition) is 3. The molecule has 2 fully saturated rings. The quantitative estimate of drug-likeness (QED) is 0.780. The highest BCUT2D eigenvalue weighted by atomic mass is 16.1. The number of rotatable bonds is 5. The van der Waals surface area contributed by atoms with Crippen molar-refractivity contribution in [2.75, 3.05) is 32.7 Å². The van der Waals surface area contributed by atoms with Crippen LogP contribution >= 0.6 is 0 Å². The van der Waals surface area contributed by atoms with Crippen LogP contribution in [0.3, 0.4) is 0 Å². The third-order valence-corrected chi connectivity index (χ3v) is 5.14. The number of hydrogen-bond donors (Lipinski definition) is 0. The third-order valence-electron chi connectivity index (χ3n) is 5.14. The molecule has 0 bridgehead atoms. The Morgan fingerprint density at radius 1 is 1.00 bits per heavy atom. The lowest BCUT2D eigenvalue weighted by atomic mass is 10.00. The van der Waals surface area contributed by atoms with Gasteiger partial charge in [0.05, 0.1) is 0 Å². The van der Waals surface area contributed by atoms with Crippen LogP contribution in [0.15, 0.2) is 30.3 Å². The van der Waals surface area contributed by atoms with Crippen LogP contribution in [0.25, 0.3) is 0 Å². The first-order valence-corrected chi connectivity index (χ1v) is 8.87. The molecular weight excluding hydrogens is 272 g/mol. The molecule has 0 amide bonds. The van der Waals surface area contributed by atoms with Crippen LogP contribution in [0.2, 0.25) is 0 Å². The van der Waals surface area contributed by atoms with Crippen LogP contribution in [0.1, 0.15) is 48.9 Å².